The molecule has 1 N–H and O–H groups in total. The first-order valence-corrected chi connectivity index (χ1v) is 12.2. The second-order valence-corrected chi connectivity index (χ2v) is 8.79. The summed E-state index contributed by atoms with van der Waals surface area (Å²) in [5.74, 6) is 1.83. The lowest BCUT2D eigenvalue weighted by Crippen LogP contribution is -2.15. The van der Waals surface area contributed by atoms with Gasteiger partial charge in [0.15, 0.2) is 11.0 Å². The zero-order valence-electron chi connectivity index (χ0n) is 19.5. The smallest absolute Gasteiger partial charge is 0.234 e. The Kier molecular flexibility index (Phi) is 7.89. The average Bonchev–Trinajstić information content (AvgIpc) is 3.30. The maximum atomic E-state index is 12.8. The minimum absolute atomic E-state index is 0.121. The summed E-state index contributed by atoms with van der Waals surface area (Å²) in [7, 11) is 1.53. The SMILES string of the molecule is CCOc1ccc(-n2c(SCC(=O)Nc3cc(C)c(Cl)cc3OC)nnc2-c2ccncc2)cc1. The van der Waals surface area contributed by atoms with Crippen LogP contribution in [0.5, 0.6) is 11.5 Å². The predicted molar refractivity (Wildman–Crippen MR) is 138 cm³/mol. The van der Waals surface area contributed by atoms with E-state index < -0.39 is 0 Å². The number of hydrogen-bond acceptors (Lipinski definition) is 7. The summed E-state index contributed by atoms with van der Waals surface area (Å²) in [6.45, 7) is 4.39. The highest BCUT2D eigenvalue weighted by Gasteiger charge is 2.18. The van der Waals surface area contributed by atoms with Crippen molar-refractivity contribution in [1.82, 2.24) is 19.7 Å². The number of thioether (sulfide) groups is 1. The normalized spacial score (nSPS) is 10.7. The van der Waals surface area contributed by atoms with Crippen LogP contribution < -0.4 is 14.8 Å². The van der Waals surface area contributed by atoms with Crippen LogP contribution in [0.15, 0.2) is 66.1 Å². The molecule has 0 bridgehead atoms. The number of methoxy groups -OCH3 is 1. The molecule has 4 rings (SSSR count). The standard InChI is InChI=1S/C25H24ClN5O3S/c1-4-34-19-7-5-18(6-8-19)31-24(17-9-11-27-12-10-17)29-30-25(31)35-15-23(32)28-21-13-16(2)20(26)14-22(21)33-3/h5-14H,4,15H2,1-3H3,(H,28,32). The maximum absolute atomic E-state index is 12.8. The number of rotatable bonds is 9. The van der Waals surface area contributed by atoms with Crippen LogP contribution in [-0.2, 0) is 4.79 Å². The van der Waals surface area contributed by atoms with Gasteiger partial charge in [0, 0.05) is 34.7 Å². The zero-order valence-corrected chi connectivity index (χ0v) is 21.1. The number of amides is 1. The Balaban J connectivity index is 1.59. The fraction of sp³-hybridized carbons (Fsp3) is 0.200. The molecule has 0 aliphatic carbocycles. The molecule has 180 valence electrons. The Morgan fingerprint density at radius 2 is 1.86 bits per heavy atom. The van der Waals surface area contributed by atoms with Crippen molar-refractivity contribution in [3.05, 3.63) is 71.5 Å². The molecule has 2 heterocycles. The number of pyridine rings is 1. The Bertz CT molecular complexity index is 1310. The van der Waals surface area contributed by atoms with Crippen LogP contribution in [0.25, 0.3) is 17.1 Å². The third kappa shape index (κ3) is 5.75. The van der Waals surface area contributed by atoms with Gasteiger partial charge in [-0.05, 0) is 61.9 Å². The van der Waals surface area contributed by atoms with Crippen molar-refractivity contribution in [1.29, 1.82) is 0 Å². The first-order chi connectivity index (χ1) is 17.0. The maximum Gasteiger partial charge on any atom is 0.234 e. The van der Waals surface area contributed by atoms with Crippen LogP contribution in [0.4, 0.5) is 5.69 Å². The lowest BCUT2D eigenvalue weighted by Gasteiger charge is -2.13. The highest BCUT2D eigenvalue weighted by Crippen LogP contribution is 2.32. The van der Waals surface area contributed by atoms with Gasteiger partial charge in [-0.3, -0.25) is 14.3 Å². The van der Waals surface area contributed by atoms with Crippen LogP contribution in [0.1, 0.15) is 12.5 Å². The van der Waals surface area contributed by atoms with Crippen molar-refractivity contribution in [3.63, 3.8) is 0 Å². The molecule has 0 atom stereocenters. The van der Waals surface area contributed by atoms with E-state index in [1.54, 1.807) is 24.5 Å². The van der Waals surface area contributed by atoms with E-state index >= 15 is 0 Å². The lowest BCUT2D eigenvalue weighted by atomic mass is 10.2. The molecule has 2 aromatic carbocycles. The van der Waals surface area contributed by atoms with Crippen molar-refractivity contribution in [2.45, 2.75) is 19.0 Å². The van der Waals surface area contributed by atoms with E-state index in [2.05, 4.69) is 20.5 Å². The zero-order chi connectivity index (χ0) is 24.8. The van der Waals surface area contributed by atoms with Gasteiger partial charge in [-0.2, -0.15) is 0 Å². The lowest BCUT2D eigenvalue weighted by molar-refractivity contribution is -0.113. The predicted octanol–water partition coefficient (Wildman–Crippen LogP) is 5.43. The number of ether oxygens (including phenoxy) is 2. The van der Waals surface area contributed by atoms with E-state index in [4.69, 9.17) is 21.1 Å². The second kappa shape index (κ2) is 11.2. The molecule has 1 amide bonds. The molecular formula is C25H24ClN5O3S. The van der Waals surface area contributed by atoms with Crippen molar-refractivity contribution in [2.24, 2.45) is 0 Å². The van der Waals surface area contributed by atoms with Crippen molar-refractivity contribution < 1.29 is 14.3 Å². The highest BCUT2D eigenvalue weighted by atomic mass is 35.5. The second-order valence-electron chi connectivity index (χ2n) is 7.44. The van der Waals surface area contributed by atoms with Gasteiger partial charge < -0.3 is 14.8 Å². The van der Waals surface area contributed by atoms with E-state index in [1.807, 2.05) is 54.8 Å². The fourth-order valence-corrected chi connectivity index (χ4v) is 4.29. The van der Waals surface area contributed by atoms with Crippen LogP contribution in [0.3, 0.4) is 0 Å². The molecule has 4 aromatic rings. The molecular weight excluding hydrogens is 486 g/mol. The molecule has 0 spiro atoms. The molecule has 0 aliphatic rings. The molecule has 0 radical (unpaired) electrons. The van der Waals surface area contributed by atoms with Gasteiger partial charge in [0.25, 0.3) is 0 Å². The number of carbonyl (C=O) groups excluding carboxylic acids is 1. The first kappa shape index (κ1) is 24.6. The molecule has 0 saturated carbocycles. The molecule has 0 aliphatic heterocycles. The van der Waals surface area contributed by atoms with E-state index in [1.165, 1.54) is 18.9 Å². The molecule has 0 saturated heterocycles. The Morgan fingerprint density at radius 3 is 2.54 bits per heavy atom. The van der Waals surface area contributed by atoms with Gasteiger partial charge in [0.2, 0.25) is 5.91 Å². The molecule has 0 unspecified atom stereocenters. The first-order valence-electron chi connectivity index (χ1n) is 10.9. The van der Waals surface area contributed by atoms with E-state index in [9.17, 15) is 4.79 Å². The molecule has 10 heteroatoms. The van der Waals surface area contributed by atoms with Crippen molar-refractivity contribution in [3.8, 4) is 28.6 Å². The summed E-state index contributed by atoms with van der Waals surface area (Å²) < 4.78 is 12.8. The monoisotopic (exact) mass is 509 g/mol. The quantitative estimate of drug-likeness (QED) is 0.301. The van der Waals surface area contributed by atoms with Gasteiger partial charge in [0.1, 0.15) is 11.5 Å². The number of nitrogens with one attached hydrogen (secondary N) is 1. The van der Waals surface area contributed by atoms with Crippen LogP contribution in [-0.4, -0.2) is 45.1 Å². The number of aryl methyl sites for hydroxylation is 1. The van der Waals surface area contributed by atoms with E-state index in [0.717, 1.165) is 22.6 Å². The summed E-state index contributed by atoms with van der Waals surface area (Å²) in [6, 6.07) is 14.9. The Labute approximate surface area is 212 Å². The van der Waals surface area contributed by atoms with Crippen LogP contribution in [0, 0.1) is 6.92 Å². The minimum Gasteiger partial charge on any atom is -0.495 e. The van der Waals surface area contributed by atoms with Gasteiger partial charge in [-0.25, -0.2) is 0 Å². The summed E-state index contributed by atoms with van der Waals surface area (Å²) in [6.07, 6.45) is 3.41. The number of nitrogens with zero attached hydrogens (tertiary/aromatic N) is 4. The third-order valence-corrected chi connectivity index (χ3v) is 6.40. The third-order valence-electron chi connectivity index (χ3n) is 5.07. The largest absolute Gasteiger partial charge is 0.495 e. The summed E-state index contributed by atoms with van der Waals surface area (Å²) >= 11 is 7.46. The topological polar surface area (TPSA) is 91.2 Å². The Hall–Kier alpha value is -3.56. The average molecular weight is 510 g/mol. The van der Waals surface area contributed by atoms with Gasteiger partial charge >= 0.3 is 0 Å². The molecule has 0 fully saturated rings. The van der Waals surface area contributed by atoms with Crippen LogP contribution in [0.2, 0.25) is 5.02 Å². The number of aromatic nitrogens is 4. The molecule has 35 heavy (non-hydrogen) atoms. The number of carbonyl (C=O) groups is 1. The number of anilines is 1. The summed E-state index contributed by atoms with van der Waals surface area (Å²) in [5, 5.41) is 12.8. The van der Waals surface area contributed by atoms with Gasteiger partial charge in [-0.15, -0.1) is 10.2 Å². The highest BCUT2D eigenvalue weighted by molar-refractivity contribution is 7.99. The number of halogens is 1. The minimum atomic E-state index is -0.207. The Morgan fingerprint density at radius 1 is 1.11 bits per heavy atom. The number of benzene rings is 2. The van der Waals surface area contributed by atoms with Gasteiger partial charge in [0.05, 0.1) is 25.2 Å². The molecule has 2 aromatic heterocycles. The van der Waals surface area contributed by atoms with E-state index in [-0.39, 0.29) is 11.7 Å². The van der Waals surface area contributed by atoms with Crippen molar-refractivity contribution in [2.75, 3.05) is 24.8 Å². The fourth-order valence-electron chi connectivity index (χ4n) is 3.39. The number of hydrogen-bond donors (Lipinski definition) is 1. The van der Waals surface area contributed by atoms with Crippen LogP contribution >= 0.6 is 23.4 Å². The molecule has 8 nitrogen and oxygen atoms in total. The van der Waals surface area contributed by atoms with E-state index in [0.29, 0.717) is 34.0 Å². The van der Waals surface area contributed by atoms with Crippen molar-refractivity contribution >= 4 is 35.0 Å². The summed E-state index contributed by atoms with van der Waals surface area (Å²) in [5.41, 5.74) is 3.11. The van der Waals surface area contributed by atoms with Gasteiger partial charge in [-0.1, -0.05) is 23.4 Å². The summed E-state index contributed by atoms with van der Waals surface area (Å²) in [4.78, 5) is 16.9.